The molecular formula is C28H20BrClN2O2S. The van der Waals surface area contributed by atoms with Crippen LogP contribution in [0.15, 0.2) is 93.2 Å². The molecule has 35 heavy (non-hydrogen) atoms. The highest BCUT2D eigenvalue weighted by molar-refractivity contribution is 9.10. The average Bonchev–Trinajstić information content (AvgIpc) is 3.19. The molecule has 4 nitrogen and oxygen atoms in total. The number of benzene rings is 4. The Morgan fingerprint density at radius 1 is 1.06 bits per heavy atom. The van der Waals surface area contributed by atoms with Crippen molar-refractivity contribution >= 4 is 72.9 Å². The first-order valence-corrected chi connectivity index (χ1v) is 12.9. The molecule has 0 spiro atoms. The zero-order valence-corrected chi connectivity index (χ0v) is 21.9. The molecule has 1 amide bonds. The van der Waals surface area contributed by atoms with Gasteiger partial charge in [0.05, 0.1) is 15.1 Å². The van der Waals surface area contributed by atoms with Gasteiger partial charge in [0.25, 0.3) is 5.91 Å². The van der Waals surface area contributed by atoms with E-state index in [2.05, 4.69) is 50.5 Å². The molecule has 1 saturated heterocycles. The fourth-order valence-electron chi connectivity index (χ4n) is 3.74. The number of carbonyl (C=O) groups excluding carboxylic acids is 1. The largest absolute Gasteiger partial charge is 0.488 e. The third kappa shape index (κ3) is 5.45. The topological polar surface area (TPSA) is 50.7 Å². The van der Waals surface area contributed by atoms with Crippen molar-refractivity contribution in [3.05, 3.63) is 110 Å². The van der Waals surface area contributed by atoms with Crippen LogP contribution in [0.4, 0.5) is 5.69 Å². The lowest BCUT2D eigenvalue weighted by Gasteiger charge is -2.11. The molecule has 4 aromatic carbocycles. The third-order valence-corrected chi connectivity index (χ3v) is 7.33. The summed E-state index contributed by atoms with van der Waals surface area (Å²) in [5.74, 6) is 0.558. The van der Waals surface area contributed by atoms with Gasteiger partial charge in [0.15, 0.2) is 5.17 Å². The van der Waals surface area contributed by atoms with Gasteiger partial charge in [0.1, 0.15) is 12.4 Å². The van der Waals surface area contributed by atoms with E-state index in [1.807, 2.05) is 61.5 Å². The van der Waals surface area contributed by atoms with E-state index in [-0.39, 0.29) is 5.91 Å². The second-order valence-electron chi connectivity index (χ2n) is 8.03. The van der Waals surface area contributed by atoms with E-state index in [0.29, 0.717) is 21.7 Å². The van der Waals surface area contributed by atoms with E-state index in [0.717, 1.165) is 32.6 Å². The first-order chi connectivity index (χ1) is 17.0. The van der Waals surface area contributed by atoms with Gasteiger partial charge in [-0.15, -0.1) is 0 Å². The monoisotopic (exact) mass is 562 g/mol. The van der Waals surface area contributed by atoms with Gasteiger partial charge in [0, 0.05) is 5.02 Å². The van der Waals surface area contributed by atoms with Crippen LogP contribution in [0.1, 0.15) is 16.7 Å². The molecule has 1 aliphatic heterocycles. The number of hydrogen-bond donors (Lipinski definition) is 1. The predicted octanol–water partition coefficient (Wildman–Crippen LogP) is 8.03. The summed E-state index contributed by atoms with van der Waals surface area (Å²) in [5.41, 5.74) is 3.73. The molecule has 174 valence electrons. The van der Waals surface area contributed by atoms with Gasteiger partial charge in [-0.1, -0.05) is 66.2 Å². The van der Waals surface area contributed by atoms with E-state index in [4.69, 9.17) is 16.3 Å². The van der Waals surface area contributed by atoms with Crippen LogP contribution in [-0.2, 0) is 11.4 Å². The van der Waals surface area contributed by atoms with E-state index in [9.17, 15) is 4.79 Å². The van der Waals surface area contributed by atoms with Crippen molar-refractivity contribution < 1.29 is 9.53 Å². The number of rotatable bonds is 5. The van der Waals surface area contributed by atoms with Crippen LogP contribution in [0.2, 0.25) is 5.02 Å². The zero-order chi connectivity index (χ0) is 24.4. The minimum Gasteiger partial charge on any atom is -0.488 e. The lowest BCUT2D eigenvalue weighted by atomic mass is 10.1. The van der Waals surface area contributed by atoms with Crippen molar-refractivity contribution in [1.82, 2.24) is 5.32 Å². The van der Waals surface area contributed by atoms with Gasteiger partial charge in [-0.05, 0) is 92.4 Å². The fourth-order valence-corrected chi connectivity index (χ4v) is 5.25. The summed E-state index contributed by atoms with van der Waals surface area (Å²) >= 11 is 11.0. The maximum Gasteiger partial charge on any atom is 0.264 e. The first-order valence-electron chi connectivity index (χ1n) is 10.9. The number of amidine groups is 1. The third-order valence-electron chi connectivity index (χ3n) is 5.56. The van der Waals surface area contributed by atoms with Gasteiger partial charge >= 0.3 is 0 Å². The van der Waals surface area contributed by atoms with Crippen LogP contribution in [0.5, 0.6) is 5.75 Å². The highest BCUT2D eigenvalue weighted by Gasteiger charge is 2.24. The average molecular weight is 564 g/mol. The number of fused-ring (bicyclic) bond motifs is 1. The summed E-state index contributed by atoms with van der Waals surface area (Å²) in [6.07, 6.45) is 1.84. The molecule has 1 aliphatic rings. The van der Waals surface area contributed by atoms with Crippen LogP contribution in [0.25, 0.3) is 16.8 Å². The lowest BCUT2D eigenvalue weighted by Crippen LogP contribution is -2.19. The van der Waals surface area contributed by atoms with Crippen LogP contribution < -0.4 is 10.1 Å². The van der Waals surface area contributed by atoms with E-state index in [1.165, 1.54) is 22.5 Å². The molecule has 1 heterocycles. The Hall–Kier alpha value is -3.06. The smallest absolute Gasteiger partial charge is 0.264 e. The minimum atomic E-state index is -0.180. The number of aliphatic imine (C=N–C) groups is 1. The summed E-state index contributed by atoms with van der Waals surface area (Å²) < 4.78 is 6.92. The lowest BCUT2D eigenvalue weighted by molar-refractivity contribution is -0.115. The molecule has 0 saturated carbocycles. The summed E-state index contributed by atoms with van der Waals surface area (Å²) in [6, 6.07) is 25.8. The van der Waals surface area contributed by atoms with Crippen molar-refractivity contribution in [1.29, 1.82) is 0 Å². The molecule has 0 bridgehead atoms. The van der Waals surface area contributed by atoms with Crippen molar-refractivity contribution in [3.8, 4) is 5.75 Å². The van der Waals surface area contributed by atoms with Crippen LogP contribution in [0.3, 0.4) is 0 Å². The van der Waals surface area contributed by atoms with Crippen molar-refractivity contribution in [2.24, 2.45) is 4.99 Å². The van der Waals surface area contributed by atoms with Crippen molar-refractivity contribution in [2.45, 2.75) is 13.5 Å². The van der Waals surface area contributed by atoms with Gasteiger partial charge < -0.3 is 10.1 Å². The van der Waals surface area contributed by atoms with Crippen molar-refractivity contribution in [3.63, 3.8) is 0 Å². The Morgan fingerprint density at radius 3 is 2.74 bits per heavy atom. The molecule has 0 unspecified atom stereocenters. The molecule has 4 aromatic rings. The minimum absolute atomic E-state index is 0.180. The van der Waals surface area contributed by atoms with Crippen LogP contribution >= 0.6 is 39.3 Å². The number of aryl methyl sites for hydroxylation is 1. The number of ether oxygens (including phenoxy) is 1. The zero-order valence-electron chi connectivity index (χ0n) is 18.7. The maximum atomic E-state index is 12.5. The van der Waals surface area contributed by atoms with E-state index < -0.39 is 0 Å². The summed E-state index contributed by atoms with van der Waals surface area (Å²) in [4.78, 5) is 17.6. The number of amides is 1. The number of nitrogens with one attached hydrogen (secondary N) is 1. The number of thioether (sulfide) groups is 1. The van der Waals surface area contributed by atoms with Gasteiger partial charge in [0.2, 0.25) is 0 Å². The van der Waals surface area contributed by atoms with Gasteiger partial charge in [-0.25, -0.2) is 4.99 Å². The quantitative estimate of drug-likeness (QED) is 0.250. The molecule has 0 aromatic heterocycles. The molecule has 0 radical (unpaired) electrons. The van der Waals surface area contributed by atoms with Gasteiger partial charge in [-0.2, -0.15) is 0 Å². The molecule has 7 heteroatoms. The fraction of sp³-hybridized carbons (Fsp3) is 0.0714. The van der Waals surface area contributed by atoms with Crippen LogP contribution in [-0.4, -0.2) is 11.1 Å². The highest BCUT2D eigenvalue weighted by Crippen LogP contribution is 2.33. The number of carbonyl (C=O) groups is 1. The first kappa shape index (κ1) is 23.7. The summed E-state index contributed by atoms with van der Waals surface area (Å²) in [6.45, 7) is 2.41. The molecule has 0 aliphatic carbocycles. The number of halogens is 2. The van der Waals surface area contributed by atoms with Crippen molar-refractivity contribution in [2.75, 3.05) is 0 Å². The normalized spacial score (nSPS) is 15.7. The summed E-state index contributed by atoms with van der Waals surface area (Å²) in [7, 11) is 0. The number of hydrogen-bond acceptors (Lipinski definition) is 4. The Morgan fingerprint density at radius 2 is 1.89 bits per heavy atom. The van der Waals surface area contributed by atoms with E-state index >= 15 is 0 Å². The second kappa shape index (κ2) is 10.3. The Balaban J connectivity index is 1.31. The Bertz CT molecular complexity index is 1510. The summed E-state index contributed by atoms with van der Waals surface area (Å²) in [5, 5.41) is 6.33. The highest BCUT2D eigenvalue weighted by atomic mass is 79.9. The molecule has 1 N–H and O–H groups in total. The molecular weight excluding hydrogens is 544 g/mol. The molecule has 0 atom stereocenters. The standard InChI is InChI=1S/C28H20BrClN2O2S/c1-17-9-11-21(30)15-24(17)31-28-32-27(33)26(35-28)14-18-10-12-25(23(29)13-18)34-16-20-7-4-6-19-5-2-3-8-22(19)20/h2-15H,16H2,1H3,(H,31,32,33)/b26-14-. The maximum absolute atomic E-state index is 12.5. The van der Waals surface area contributed by atoms with E-state index in [1.54, 1.807) is 6.07 Å². The SMILES string of the molecule is Cc1ccc(Cl)cc1N=C1NC(=O)/C(=C/c2ccc(OCc3cccc4ccccc34)c(Br)c2)S1. The predicted molar refractivity (Wildman–Crippen MR) is 149 cm³/mol. The second-order valence-corrected chi connectivity index (χ2v) is 10.4. The molecule has 1 fully saturated rings. The number of nitrogens with zero attached hydrogens (tertiary/aromatic N) is 1. The Kier molecular flexibility index (Phi) is 6.95. The molecule has 5 rings (SSSR count). The Labute approximate surface area is 221 Å². The van der Waals surface area contributed by atoms with Gasteiger partial charge in [-0.3, -0.25) is 4.79 Å². The van der Waals surface area contributed by atoms with Crippen LogP contribution in [0, 0.1) is 6.92 Å².